The van der Waals surface area contributed by atoms with Gasteiger partial charge in [0.15, 0.2) is 5.75 Å². The summed E-state index contributed by atoms with van der Waals surface area (Å²) in [6.45, 7) is 4.95. The van der Waals surface area contributed by atoms with Crippen molar-refractivity contribution in [3.8, 4) is 5.75 Å². The third-order valence-electron chi connectivity index (χ3n) is 3.26. The fourth-order valence-electron chi connectivity index (χ4n) is 1.91. The van der Waals surface area contributed by atoms with Crippen LogP contribution in [0.25, 0.3) is 0 Å². The molecule has 1 aliphatic carbocycles. The summed E-state index contributed by atoms with van der Waals surface area (Å²) in [5, 5.41) is 15.8. The molecule has 3 rings (SSSR count). The highest BCUT2D eigenvalue weighted by Crippen LogP contribution is 2.18. The fourth-order valence-corrected chi connectivity index (χ4v) is 1.91. The first-order valence-electron chi connectivity index (χ1n) is 7.11. The van der Waals surface area contributed by atoms with E-state index < -0.39 is 0 Å². The van der Waals surface area contributed by atoms with E-state index in [-0.39, 0.29) is 0 Å². The number of hydrogen-bond donors (Lipinski definition) is 1. The molecule has 2 aromatic heterocycles. The van der Waals surface area contributed by atoms with E-state index in [1.165, 1.54) is 12.8 Å². The average molecular weight is 276 g/mol. The first-order chi connectivity index (χ1) is 9.83. The van der Waals surface area contributed by atoms with Crippen LogP contribution in [0.5, 0.6) is 5.75 Å². The molecule has 7 nitrogen and oxygen atoms in total. The summed E-state index contributed by atoms with van der Waals surface area (Å²) in [6.07, 6.45) is 8.16. The van der Waals surface area contributed by atoms with Gasteiger partial charge in [-0.05, 0) is 19.8 Å². The summed E-state index contributed by atoms with van der Waals surface area (Å²) >= 11 is 0. The van der Waals surface area contributed by atoms with Crippen molar-refractivity contribution in [1.29, 1.82) is 0 Å². The molecule has 7 heteroatoms. The Balaban J connectivity index is 1.41. The smallest absolute Gasteiger partial charge is 0.157 e. The van der Waals surface area contributed by atoms with Gasteiger partial charge in [-0.3, -0.25) is 4.68 Å². The molecule has 0 aromatic carbocycles. The van der Waals surface area contributed by atoms with Crippen LogP contribution in [0.15, 0.2) is 18.6 Å². The Labute approximate surface area is 117 Å². The zero-order valence-corrected chi connectivity index (χ0v) is 11.7. The second-order valence-electron chi connectivity index (χ2n) is 5.01. The largest absolute Gasteiger partial charge is 0.488 e. The highest BCUT2D eigenvalue weighted by Gasteiger charge is 2.20. The van der Waals surface area contributed by atoms with Crippen LogP contribution >= 0.6 is 0 Å². The van der Waals surface area contributed by atoms with E-state index in [4.69, 9.17) is 4.74 Å². The molecule has 0 spiro atoms. The molecule has 0 aliphatic heterocycles. The van der Waals surface area contributed by atoms with Gasteiger partial charge in [-0.1, -0.05) is 5.21 Å². The van der Waals surface area contributed by atoms with Gasteiger partial charge in [0.25, 0.3) is 0 Å². The molecule has 0 unspecified atom stereocenters. The lowest BCUT2D eigenvalue weighted by atomic mass is 10.4. The monoisotopic (exact) mass is 276 g/mol. The zero-order chi connectivity index (χ0) is 13.8. The Kier molecular flexibility index (Phi) is 3.96. The molecule has 0 amide bonds. The first kappa shape index (κ1) is 13.1. The molecular weight excluding hydrogens is 256 g/mol. The van der Waals surface area contributed by atoms with Gasteiger partial charge in [-0.15, -0.1) is 5.10 Å². The minimum absolute atomic E-state index is 0.564. The van der Waals surface area contributed by atoms with Crippen molar-refractivity contribution in [2.45, 2.75) is 45.4 Å². The van der Waals surface area contributed by atoms with Crippen LogP contribution in [0.2, 0.25) is 0 Å². The topological polar surface area (TPSA) is 69.8 Å². The molecule has 0 atom stereocenters. The van der Waals surface area contributed by atoms with E-state index in [0.29, 0.717) is 19.2 Å². The minimum Gasteiger partial charge on any atom is -0.488 e. The molecule has 2 aromatic rings. The summed E-state index contributed by atoms with van der Waals surface area (Å²) in [5.41, 5.74) is 0.982. The van der Waals surface area contributed by atoms with Crippen molar-refractivity contribution in [3.05, 3.63) is 24.3 Å². The normalized spacial score (nSPS) is 14.7. The molecule has 108 valence electrons. The van der Waals surface area contributed by atoms with Crippen LogP contribution in [0.3, 0.4) is 0 Å². The summed E-state index contributed by atoms with van der Waals surface area (Å²) < 4.78 is 9.28. The zero-order valence-electron chi connectivity index (χ0n) is 11.7. The van der Waals surface area contributed by atoms with Crippen molar-refractivity contribution in [2.24, 2.45) is 0 Å². The van der Waals surface area contributed by atoms with Crippen LogP contribution in [-0.4, -0.2) is 37.4 Å². The second-order valence-corrected chi connectivity index (χ2v) is 5.01. The number of rotatable bonds is 8. The van der Waals surface area contributed by atoms with Crippen molar-refractivity contribution in [2.75, 3.05) is 6.61 Å². The van der Waals surface area contributed by atoms with Gasteiger partial charge >= 0.3 is 0 Å². The van der Waals surface area contributed by atoms with Gasteiger partial charge in [0.1, 0.15) is 6.61 Å². The summed E-state index contributed by atoms with van der Waals surface area (Å²) in [4.78, 5) is 0. The first-order valence-corrected chi connectivity index (χ1v) is 7.11. The van der Waals surface area contributed by atoms with Crippen LogP contribution in [0.1, 0.15) is 25.5 Å². The number of hydrogen-bond acceptors (Lipinski definition) is 5. The van der Waals surface area contributed by atoms with Crippen molar-refractivity contribution in [3.63, 3.8) is 0 Å². The molecule has 1 N–H and O–H groups in total. The summed E-state index contributed by atoms with van der Waals surface area (Å²) in [5.74, 6) is 0.794. The van der Waals surface area contributed by atoms with Crippen LogP contribution in [-0.2, 0) is 19.6 Å². The van der Waals surface area contributed by atoms with Gasteiger partial charge in [0, 0.05) is 25.3 Å². The third kappa shape index (κ3) is 3.57. The Morgan fingerprint density at radius 2 is 2.25 bits per heavy atom. The second kappa shape index (κ2) is 6.04. The molecule has 0 bridgehead atoms. The minimum atomic E-state index is 0.564. The van der Waals surface area contributed by atoms with Gasteiger partial charge in [0.05, 0.1) is 24.6 Å². The van der Waals surface area contributed by atoms with Gasteiger partial charge < -0.3 is 10.1 Å². The third-order valence-corrected chi connectivity index (χ3v) is 3.26. The van der Waals surface area contributed by atoms with E-state index in [0.717, 1.165) is 24.5 Å². The quantitative estimate of drug-likeness (QED) is 0.773. The predicted octanol–water partition coefficient (Wildman–Crippen LogP) is 0.825. The maximum atomic E-state index is 5.62. The Morgan fingerprint density at radius 1 is 1.35 bits per heavy atom. The van der Waals surface area contributed by atoms with Crippen molar-refractivity contribution >= 4 is 0 Å². The molecule has 20 heavy (non-hydrogen) atoms. The number of aromatic nitrogens is 5. The van der Waals surface area contributed by atoms with Crippen molar-refractivity contribution < 1.29 is 4.74 Å². The molecule has 2 heterocycles. The lowest BCUT2D eigenvalue weighted by molar-refractivity contribution is 0.289. The van der Waals surface area contributed by atoms with E-state index >= 15 is 0 Å². The highest BCUT2D eigenvalue weighted by molar-refractivity contribution is 5.11. The van der Waals surface area contributed by atoms with E-state index in [1.807, 2.05) is 28.7 Å². The predicted molar refractivity (Wildman–Crippen MR) is 73.3 cm³/mol. The Morgan fingerprint density at radius 3 is 3.00 bits per heavy atom. The SMILES string of the molecule is CCn1cc(OCCn2cc(CNC3CC3)nn2)cn1. The summed E-state index contributed by atoms with van der Waals surface area (Å²) in [6, 6.07) is 0.693. The number of nitrogens with zero attached hydrogens (tertiary/aromatic N) is 5. The summed E-state index contributed by atoms with van der Waals surface area (Å²) in [7, 11) is 0. The van der Waals surface area contributed by atoms with Gasteiger partial charge in [-0.2, -0.15) is 5.10 Å². The standard InChI is InChI=1S/C13H20N6O/c1-2-18-10-13(8-15-18)20-6-5-19-9-12(16-17-19)7-14-11-3-4-11/h8-11,14H,2-7H2,1H3. The molecule has 1 fully saturated rings. The number of ether oxygens (including phenoxy) is 1. The van der Waals surface area contributed by atoms with Crippen molar-refractivity contribution in [1.82, 2.24) is 30.1 Å². The van der Waals surface area contributed by atoms with Crippen LogP contribution < -0.4 is 10.1 Å². The molecule has 0 radical (unpaired) electrons. The van der Waals surface area contributed by atoms with Crippen LogP contribution in [0.4, 0.5) is 0 Å². The molecule has 1 aliphatic rings. The fraction of sp³-hybridized carbons (Fsp3) is 0.615. The molecule has 1 saturated carbocycles. The van der Waals surface area contributed by atoms with Crippen LogP contribution in [0, 0.1) is 0 Å². The molecule has 0 saturated heterocycles. The number of nitrogens with one attached hydrogen (secondary N) is 1. The molecular formula is C13H20N6O. The van der Waals surface area contributed by atoms with E-state index in [9.17, 15) is 0 Å². The van der Waals surface area contributed by atoms with E-state index in [2.05, 4.69) is 20.7 Å². The van der Waals surface area contributed by atoms with E-state index in [1.54, 1.807) is 6.20 Å². The van der Waals surface area contributed by atoms with Gasteiger partial charge in [0.2, 0.25) is 0 Å². The lowest BCUT2D eigenvalue weighted by Crippen LogP contribution is -2.15. The van der Waals surface area contributed by atoms with Gasteiger partial charge in [-0.25, -0.2) is 4.68 Å². The maximum Gasteiger partial charge on any atom is 0.157 e. The number of aryl methyl sites for hydroxylation is 1. The Hall–Kier alpha value is -1.89. The lowest BCUT2D eigenvalue weighted by Gasteiger charge is -2.02. The average Bonchev–Trinajstić information content (AvgIpc) is 3.00. The highest BCUT2D eigenvalue weighted by atomic mass is 16.5. The Bertz CT molecular complexity index is 545. The maximum absolute atomic E-state index is 5.62.